The lowest BCUT2D eigenvalue weighted by atomic mass is 10.0. The number of aryl methyl sites for hydroxylation is 1. The van der Waals surface area contributed by atoms with Crippen molar-refractivity contribution in [3.63, 3.8) is 0 Å². The first-order valence-corrected chi connectivity index (χ1v) is 8.64. The van der Waals surface area contributed by atoms with Crippen LogP contribution in [0, 0.1) is 12.8 Å². The second kappa shape index (κ2) is 7.20. The largest absolute Gasteiger partial charge is 0.379 e. The van der Waals surface area contributed by atoms with E-state index >= 15 is 0 Å². The Morgan fingerprint density at radius 1 is 1.35 bits per heavy atom. The second-order valence-corrected chi connectivity index (χ2v) is 6.86. The maximum absolute atomic E-state index is 12.5. The summed E-state index contributed by atoms with van der Waals surface area (Å²) in [4.78, 5) is 17.0. The molecule has 2 atom stereocenters. The Bertz CT molecular complexity index is 537. The van der Waals surface area contributed by atoms with Gasteiger partial charge in [-0.05, 0) is 30.9 Å². The Hall–Kier alpha value is -1.11. The standard InChI is InChI=1S/C16H24ClN3O3/c1-11-9-20(10-14(11)19-5-7-22-8-6-19)15(21)4-3-13-12(2)18-23-16(13)17/h11,14H,3-10H2,1-2H3/t11-,14-/m0/s1. The molecule has 0 aliphatic carbocycles. The molecule has 7 heteroatoms. The number of hydrogen-bond acceptors (Lipinski definition) is 5. The third-order valence-corrected chi connectivity index (χ3v) is 5.26. The molecule has 1 aromatic rings. The molecule has 0 unspecified atom stereocenters. The molecule has 0 bridgehead atoms. The lowest BCUT2D eigenvalue weighted by molar-refractivity contribution is -0.130. The van der Waals surface area contributed by atoms with Crippen molar-refractivity contribution in [3.8, 4) is 0 Å². The fourth-order valence-corrected chi connectivity index (χ4v) is 3.83. The van der Waals surface area contributed by atoms with Gasteiger partial charge in [0, 0.05) is 44.2 Å². The van der Waals surface area contributed by atoms with Gasteiger partial charge >= 0.3 is 0 Å². The summed E-state index contributed by atoms with van der Waals surface area (Å²) in [6.07, 6.45) is 1.03. The van der Waals surface area contributed by atoms with Gasteiger partial charge in [0.15, 0.2) is 0 Å². The molecule has 2 aliphatic heterocycles. The first kappa shape index (κ1) is 16.7. The summed E-state index contributed by atoms with van der Waals surface area (Å²) in [7, 11) is 0. The number of ether oxygens (including phenoxy) is 1. The first-order chi connectivity index (χ1) is 11.1. The van der Waals surface area contributed by atoms with E-state index in [4.69, 9.17) is 20.9 Å². The van der Waals surface area contributed by atoms with Crippen LogP contribution in [0.25, 0.3) is 0 Å². The van der Waals surface area contributed by atoms with Crippen LogP contribution in [0.4, 0.5) is 0 Å². The lowest BCUT2D eigenvalue weighted by Crippen LogP contribution is -2.47. The van der Waals surface area contributed by atoms with Gasteiger partial charge in [-0.3, -0.25) is 9.69 Å². The van der Waals surface area contributed by atoms with Gasteiger partial charge in [-0.2, -0.15) is 0 Å². The van der Waals surface area contributed by atoms with Gasteiger partial charge in [-0.15, -0.1) is 0 Å². The number of hydrogen-bond donors (Lipinski definition) is 0. The molecule has 2 fully saturated rings. The number of carbonyl (C=O) groups is 1. The zero-order valence-corrected chi connectivity index (χ0v) is 14.5. The van der Waals surface area contributed by atoms with Crippen molar-refractivity contribution in [1.82, 2.24) is 15.0 Å². The Kier molecular flexibility index (Phi) is 5.24. The quantitative estimate of drug-likeness (QED) is 0.835. The number of rotatable bonds is 4. The van der Waals surface area contributed by atoms with Crippen LogP contribution in [0.1, 0.15) is 24.6 Å². The van der Waals surface area contributed by atoms with Crippen LogP contribution >= 0.6 is 11.6 Å². The summed E-state index contributed by atoms with van der Waals surface area (Å²) in [6, 6.07) is 0.448. The van der Waals surface area contributed by atoms with Crippen LogP contribution in [0.5, 0.6) is 0 Å². The van der Waals surface area contributed by atoms with E-state index in [1.165, 1.54) is 0 Å². The highest BCUT2D eigenvalue weighted by atomic mass is 35.5. The summed E-state index contributed by atoms with van der Waals surface area (Å²) in [6.45, 7) is 9.24. The molecule has 6 nitrogen and oxygen atoms in total. The first-order valence-electron chi connectivity index (χ1n) is 8.26. The van der Waals surface area contributed by atoms with Crippen LogP contribution in [0.3, 0.4) is 0 Å². The SMILES string of the molecule is Cc1noc(Cl)c1CCC(=O)N1C[C@H](C)[C@@H](N2CCOCC2)C1. The van der Waals surface area contributed by atoms with Crippen LogP contribution in [-0.4, -0.2) is 66.3 Å². The monoisotopic (exact) mass is 341 g/mol. The molecular formula is C16H24ClN3O3. The number of carbonyl (C=O) groups excluding carboxylic acids is 1. The lowest BCUT2D eigenvalue weighted by Gasteiger charge is -2.34. The maximum Gasteiger partial charge on any atom is 0.229 e. The van der Waals surface area contributed by atoms with Crippen LogP contribution in [0.2, 0.25) is 5.22 Å². The van der Waals surface area contributed by atoms with Gasteiger partial charge in [-0.25, -0.2) is 0 Å². The predicted molar refractivity (Wildman–Crippen MR) is 86.5 cm³/mol. The minimum absolute atomic E-state index is 0.185. The summed E-state index contributed by atoms with van der Waals surface area (Å²) in [5.74, 6) is 0.683. The van der Waals surface area contributed by atoms with Gasteiger partial charge in [-0.1, -0.05) is 12.1 Å². The van der Waals surface area contributed by atoms with Crippen molar-refractivity contribution in [2.75, 3.05) is 39.4 Å². The van der Waals surface area contributed by atoms with Crippen LogP contribution in [-0.2, 0) is 16.0 Å². The van der Waals surface area contributed by atoms with E-state index in [1.807, 2.05) is 11.8 Å². The molecule has 0 aromatic carbocycles. The molecule has 0 N–H and O–H groups in total. The van der Waals surface area contributed by atoms with Gasteiger partial charge < -0.3 is 14.2 Å². The van der Waals surface area contributed by atoms with Gasteiger partial charge in [0.2, 0.25) is 11.1 Å². The number of halogens is 1. The number of nitrogens with zero attached hydrogens (tertiary/aromatic N) is 3. The molecule has 128 valence electrons. The smallest absolute Gasteiger partial charge is 0.229 e. The fraction of sp³-hybridized carbons (Fsp3) is 0.750. The third-order valence-electron chi connectivity index (χ3n) is 4.97. The van der Waals surface area contributed by atoms with E-state index in [2.05, 4.69) is 17.0 Å². The average molecular weight is 342 g/mol. The maximum atomic E-state index is 12.5. The van der Waals surface area contributed by atoms with E-state index < -0.39 is 0 Å². The summed E-state index contributed by atoms with van der Waals surface area (Å²) in [5, 5.41) is 4.13. The van der Waals surface area contributed by atoms with Crippen molar-refractivity contribution >= 4 is 17.5 Å². The van der Waals surface area contributed by atoms with Crippen LogP contribution < -0.4 is 0 Å². The van der Waals surface area contributed by atoms with Gasteiger partial charge in [0.25, 0.3) is 0 Å². The molecular weight excluding hydrogens is 318 g/mol. The topological polar surface area (TPSA) is 58.8 Å². The molecule has 0 spiro atoms. The molecule has 2 saturated heterocycles. The Morgan fingerprint density at radius 2 is 2.09 bits per heavy atom. The minimum atomic E-state index is 0.185. The predicted octanol–water partition coefficient (Wildman–Crippen LogP) is 1.75. The van der Waals surface area contributed by atoms with Gasteiger partial charge in [0.1, 0.15) is 0 Å². The zero-order valence-electron chi connectivity index (χ0n) is 13.8. The van der Waals surface area contributed by atoms with E-state index in [1.54, 1.807) is 0 Å². The molecule has 2 aliphatic rings. The second-order valence-electron chi connectivity index (χ2n) is 6.51. The molecule has 0 radical (unpaired) electrons. The number of aromatic nitrogens is 1. The molecule has 3 rings (SSSR count). The van der Waals surface area contributed by atoms with E-state index in [0.717, 1.165) is 50.7 Å². The average Bonchev–Trinajstić information content (AvgIpc) is 3.09. The normalized spacial score (nSPS) is 26.0. The summed E-state index contributed by atoms with van der Waals surface area (Å²) < 4.78 is 10.4. The molecule has 1 aromatic heterocycles. The number of amides is 1. The highest BCUT2D eigenvalue weighted by molar-refractivity contribution is 6.29. The van der Waals surface area contributed by atoms with E-state index in [0.29, 0.717) is 30.0 Å². The van der Waals surface area contributed by atoms with Crippen molar-refractivity contribution in [3.05, 3.63) is 16.5 Å². The van der Waals surface area contributed by atoms with Crippen molar-refractivity contribution < 1.29 is 14.1 Å². The molecule has 23 heavy (non-hydrogen) atoms. The third kappa shape index (κ3) is 3.70. The van der Waals surface area contributed by atoms with Crippen molar-refractivity contribution in [2.24, 2.45) is 5.92 Å². The van der Waals surface area contributed by atoms with Gasteiger partial charge in [0.05, 0.1) is 18.9 Å². The number of morpholine rings is 1. The minimum Gasteiger partial charge on any atom is -0.379 e. The van der Waals surface area contributed by atoms with Crippen molar-refractivity contribution in [1.29, 1.82) is 0 Å². The Morgan fingerprint density at radius 3 is 2.74 bits per heavy atom. The number of likely N-dealkylation sites (tertiary alicyclic amines) is 1. The Balaban J connectivity index is 1.54. The highest BCUT2D eigenvalue weighted by Gasteiger charge is 2.36. The molecule has 3 heterocycles. The molecule has 0 saturated carbocycles. The highest BCUT2D eigenvalue weighted by Crippen LogP contribution is 2.25. The zero-order chi connectivity index (χ0) is 16.4. The fourth-order valence-electron chi connectivity index (χ4n) is 3.57. The molecule has 1 amide bonds. The Labute approximate surface area is 141 Å². The van der Waals surface area contributed by atoms with Crippen molar-refractivity contribution in [2.45, 2.75) is 32.7 Å². The summed E-state index contributed by atoms with van der Waals surface area (Å²) in [5.41, 5.74) is 1.61. The van der Waals surface area contributed by atoms with Crippen LogP contribution in [0.15, 0.2) is 4.52 Å². The summed E-state index contributed by atoms with van der Waals surface area (Å²) >= 11 is 5.96. The van der Waals surface area contributed by atoms with E-state index in [-0.39, 0.29) is 5.91 Å². The van der Waals surface area contributed by atoms with E-state index in [9.17, 15) is 4.79 Å².